The second-order valence-corrected chi connectivity index (χ2v) is 14.9. The maximum Gasteiger partial charge on any atom is 0.410 e. The molecule has 5 rings (SSSR count). The summed E-state index contributed by atoms with van der Waals surface area (Å²) in [5, 5.41) is 12.9. The van der Waals surface area contributed by atoms with Crippen LogP contribution in [-0.2, 0) is 32.6 Å². The van der Waals surface area contributed by atoms with Crippen molar-refractivity contribution in [3.63, 3.8) is 0 Å². The number of anilines is 1. The molecule has 0 bridgehead atoms. The number of amides is 5. The van der Waals surface area contributed by atoms with Crippen molar-refractivity contribution in [3.8, 4) is 0 Å². The van der Waals surface area contributed by atoms with Gasteiger partial charge in [0.25, 0.3) is 5.91 Å². The van der Waals surface area contributed by atoms with Gasteiger partial charge in [-0.2, -0.15) is 5.10 Å². The number of carbonyl (C=O) groups is 5. The van der Waals surface area contributed by atoms with E-state index in [-0.39, 0.29) is 62.0 Å². The minimum Gasteiger partial charge on any atom is -0.444 e. The Kier molecular flexibility index (Phi) is 12.9. The van der Waals surface area contributed by atoms with Gasteiger partial charge in [-0.05, 0) is 68.9 Å². The van der Waals surface area contributed by atoms with E-state index in [0.29, 0.717) is 11.4 Å². The lowest BCUT2D eigenvalue weighted by Gasteiger charge is -2.42. The quantitative estimate of drug-likeness (QED) is 0.251. The van der Waals surface area contributed by atoms with Gasteiger partial charge in [-0.1, -0.05) is 68.7 Å². The zero-order valence-corrected chi connectivity index (χ0v) is 31.5. The second-order valence-electron chi connectivity index (χ2n) is 14.9. The molecule has 53 heavy (non-hydrogen) atoms. The first kappa shape index (κ1) is 39.0. The van der Waals surface area contributed by atoms with E-state index < -0.39 is 29.8 Å². The lowest BCUT2D eigenvalue weighted by Crippen LogP contribution is -2.57. The molecule has 13 heteroatoms. The molecule has 2 unspecified atom stereocenters. The number of benzene rings is 2. The normalized spacial score (nSPS) is 17.7. The van der Waals surface area contributed by atoms with Gasteiger partial charge >= 0.3 is 6.09 Å². The summed E-state index contributed by atoms with van der Waals surface area (Å²) in [6.45, 7) is 8.00. The highest BCUT2D eigenvalue weighted by atomic mass is 16.6. The molecule has 3 aromatic rings. The highest BCUT2D eigenvalue weighted by molar-refractivity contribution is 6.00. The summed E-state index contributed by atoms with van der Waals surface area (Å²) < 4.78 is 7.19. The van der Waals surface area contributed by atoms with E-state index in [2.05, 4.69) is 21.0 Å². The molecule has 1 aliphatic heterocycles. The maximum atomic E-state index is 14.1. The molecule has 2 heterocycles. The van der Waals surface area contributed by atoms with Crippen LogP contribution < -0.4 is 16.0 Å². The molecule has 1 aliphatic carbocycles. The summed E-state index contributed by atoms with van der Waals surface area (Å²) in [5.74, 6) is -1.12. The number of carbonyl (C=O) groups excluding carboxylic acids is 5. The van der Waals surface area contributed by atoms with Crippen LogP contribution in [0.5, 0.6) is 0 Å². The molecule has 0 spiro atoms. The van der Waals surface area contributed by atoms with Crippen molar-refractivity contribution in [1.82, 2.24) is 30.2 Å². The summed E-state index contributed by atoms with van der Waals surface area (Å²) in [6.07, 6.45) is 6.37. The van der Waals surface area contributed by atoms with Crippen molar-refractivity contribution < 1.29 is 28.7 Å². The molecular formula is C40H53N7O6. The van der Waals surface area contributed by atoms with Crippen molar-refractivity contribution in [2.24, 2.45) is 13.0 Å². The van der Waals surface area contributed by atoms with E-state index >= 15 is 0 Å². The van der Waals surface area contributed by atoms with Crippen LogP contribution in [0.25, 0.3) is 0 Å². The molecular weight excluding hydrogens is 674 g/mol. The Morgan fingerprint density at radius 1 is 0.906 bits per heavy atom. The SMILES string of the molecule is CCC(=O)NC(Cc1ccc(NC(=O)C(NC(=O)c2ccnn2C)C2CCCCC2)cc1)C(=O)N1CCN(C(=O)OC(C)(C)C)[C@@H](c2ccccc2)C1. The Balaban J connectivity index is 1.28. The van der Waals surface area contributed by atoms with Crippen molar-refractivity contribution >= 4 is 35.4 Å². The molecule has 3 atom stereocenters. The first-order chi connectivity index (χ1) is 25.3. The van der Waals surface area contributed by atoms with Gasteiger partial charge in [-0.25, -0.2) is 4.79 Å². The smallest absolute Gasteiger partial charge is 0.410 e. The van der Waals surface area contributed by atoms with Crippen LogP contribution in [0.2, 0.25) is 0 Å². The number of hydrogen-bond acceptors (Lipinski definition) is 7. The van der Waals surface area contributed by atoms with E-state index in [9.17, 15) is 24.0 Å². The van der Waals surface area contributed by atoms with Gasteiger partial charge in [-0.3, -0.25) is 28.8 Å². The molecule has 13 nitrogen and oxygen atoms in total. The number of hydrogen-bond donors (Lipinski definition) is 3. The minimum absolute atomic E-state index is 0.0154. The maximum absolute atomic E-state index is 14.1. The van der Waals surface area contributed by atoms with Crippen molar-refractivity contribution in [1.29, 1.82) is 0 Å². The van der Waals surface area contributed by atoms with Crippen LogP contribution in [0.4, 0.5) is 10.5 Å². The average molecular weight is 728 g/mol. The monoisotopic (exact) mass is 727 g/mol. The summed E-state index contributed by atoms with van der Waals surface area (Å²) in [7, 11) is 1.69. The third-order valence-electron chi connectivity index (χ3n) is 9.86. The Morgan fingerprint density at radius 2 is 1.60 bits per heavy atom. The number of piperazine rings is 1. The lowest BCUT2D eigenvalue weighted by atomic mass is 9.83. The van der Waals surface area contributed by atoms with Gasteiger partial charge in [0.15, 0.2) is 0 Å². The molecule has 2 aromatic carbocycles. The highest BCUT2D eigenvalue weighted by Crippen LogP contribution is 2.29. The predicted octanol–water partition coefficient (Wildman–Crippen LogP) is 5.00. The summed E-state index contributed by atoms with van der Waals surface area (Å²) in [4.78, 5) is 70.2. The molecule has 1 saturated carbocycles. The fourth-order valence-electron chi connectivity index (χ4n) is 7.06. The largest absolute Gasteiger partial charge is 0.444 e. The minimum atomic E-state index is -0.842. The van der Waals surface area contributed by atoms with E-state index in [1.54, 1.807) is 48.2 Å². The van der Waals surface area contributed by atoms with Gasteiger partial charge < -0.3 is 25.6 Å². The number of nitrogens with one attached hydrogen (secondary N) is 3. The molecule has 0 radical (unpaired) electrons. The van der Waals surface area contributed by atoms with Gasteiger partial charge in [0.05, 0.1) is 6.04 Å². The second kappa shape index (κ2) is 17.5. The fourth-order valence-corrected chi connectivity index (χ4v) is 7.06. The molecule has 1 saturated heterocycles. The number of nitrogens with zero attached hydrogens (tertiary/aromatic N) is 4. The third-order valence-corrected chi connectivity index (χ3v) is 9.86. The van der Waals surface area contributed by atoms with Gasteiger partial charge in [0.2, 0.25) is 17.7 Å². The predicted molar refractivity (Wildman–Crippen MR) is 201 cm³/mol. The first-order valence-corrected chi connectivity index (χ1v) is 18.6. The van der Waals surface area contributed by atoms with Crippen LogP contribution >= 0.6 is 0 Å². The highest BCUT2D eigenvalue weighted by Gasteiger charge is 2.38. The molecule has 2 aliphatic rings. The first-order valence-electron chi connectivity index (χ1n) is 18.6. The molecule has 5 amide bonds. The van der Waals surface area contributed by atoms with Gasteiger partial charge in [0.1, 0.15) is 23.4 Å². The van der Waals surface area contributed by atoms with Crippen molar-refractivity contribution in [2.75, 3.05) is 25.0 Å². The zero-order chi connectivity index (χ0) is 38.1. The van der Waals surface area contributed by atoms with Crippen molar-refractivity contribution in [3.05, 3.63) is 83.7 Å². The van der Waals surface area contributed by atoms with Crippen LogP contribution in [0.3, 0.4) is 0 Å². The van der Waals surface area contributed by atoms with Crippen LogP contribution in [0.15, 0.2) is 66.9 Å². The number of aryl methyl sites for hydroxylation is 1. The topological polar surface area (TPSA) is 155 Å². The van der Waals surface area contributed by atoms with Gasteiger partial charge in [0, 0.05) is 51.4 Å². The Bertz CT molecular complexity index is 1730. The van der Waals surface area contributed by atoms with Crippen LogP contribution in [0.1, 0.15) is 93.9 Å². The zero-order valence-electron chi connectivity index (χ0n) is 31.5. The van der Waals surface area contributed by atoms with Crippen molar-refractivity contribution in [2.45, 2.75) is 96.4 Å². The number of rotatable bonds is 11. The Morgan fingerprint density at radius 3 is 2.23 bits per heavy atom. The van der Waals surface area contributed by atoms with E-state index in [1.165, 1.54) is 4.68 Å². The van der Waals surface area contributed by atoms with Crippen LogP contribution in [-0.4, -0.2) is 86.6 Å². The number of ether oxygens (including phenoxy) is 1. The Hall–Kier alpha value is -5.20. The lowest BCUT2D eigenvalue weighted by molar-refractivity contribution is -0.139. The molecule has 284 valence electrons. The van der Waals surface area contributed by atoms with E-state index in [1.807, 2.05) is 63.2 Å². The fraction of sp³-hybridized carbons (Fsp3) is 0.500. The summed E-state index contributed by atoms with van der Waals surface area (Å²) >= 11 is 0. The summed E-state index contributed by atoms with van der Waals surface area (Å²) in [5.41, 5.74) is 1.93. The van der Waals surface area contributed by atoms with Gasteiger partial charge in [-0.15, -0.1) is 0 Å². The molecule has 2 fully saturated rings. The van der Waals surface area contributed by atoms with E-state index in [0.717, 1.165) is 43.2 Å². The molecule has 1 aromatic heterocycles. The third kappa shape index (κ3) is 10.5. The van der Waals surface area contributed by atoms with Crippen LogP contribution in [0, 0.1) is 5.92 Å². The average Bonchev–Trinajstić information content (AvgIpc) is 3.59. The molecule has 3 N–H and O–H groups in total. The van der Waals surface area contributed by atoms with E-state index in [4.69, 9.17) is 4.74 Å². The standard InChI is InChI=1S/C40H53N7O6/c1-6-34(48)43-31(38(51)46-23-24-47(39(52)53-40(2,3)4)33(26-46)28-13-9-7-10-14-28)25-27-17-19-30(20-18-27)42-37(50)35(29-15-11-8-12-16-29)44-36(49)32-21-22-41-45(32)5/h7,9-10,13-14,17-22,29,31,33,35H,6,8,11-12,15-16,23-26H2,1-5H3,(H,42,50)(H,43,48)(H,44,49)/t31?,33-,35?/m1/s1. The Labute approximate surface area is 311 Å². The summed E-state index contributed by atoms with van der Waals surface area (Å²) in [6, 6.07) is 16.4. The number of aromatic nitrogens is 2.